The first-order chi connectivity index (χ1) is 9.15. The zero-order chi connectivity index (χ0) is 13.8. The topological polar surface area (TPSA) is 37.8 Å². The minimum absolute atomic E-state index is 0.122. The number of nitrogens with one attached hydrogen (secondary N) is 1. The second-order valence-corrected chi connectivity index (χ2v) is 5.42. The quantitative estimate of drug-likeness (QED) is 0.919. The predicted octanol–water partition coefficient (Wildman–Crippen LogP) is 3.40. The first-order valence-corrected chi connectivity index (χ1v) is 7.23. The Labute approximate surface area is 121 Å². The van der Waals surface area contributed by atoms with Crippen LogP contribution in [-0.4, -0.2) is 16.6 Å². The highest BCUT2D eigenvalue weighted by molar-refractivity contribution is 7.05. The van der Waals surface area contributed by atoms with Crippen molar-refractivity contribution in [3.8, 4) is 0 Å². The third-order valence-electron chi connectivity index (χ3n) is 3.01. The molecule has 1 aromatic heterocycles. The predicted molar refractivity (Wildman–Crippen MR) is 76.2 cm³/mol. The molecule has 0 amide bonds. The molecule has 2 rings (SSSR count). The molecule has 102 valence electrons. The molecule has 0 saturated carbocycles. The summed E-state index contributed by atoms with van der Waals surface area (Å²) in [5.74, 6) is -0.389. The van der Waals surface area contributed by atoms with Gasteiger partial charge in [-0.1, -0.05) is 29.1 Å². The minimum atomic E-state index is -0.389. The summed E-state index contributed by atoms with van der Waals surface area (Å²) in [5, 5.41) is 7.53. The average molecular weight is 300 g/mol. The normalized spacial score (nSPS) is 12.6. The zero-order valence-electron chi connectivity index (χ0n) is 10.8. The Morgan fingerprint density at radius 1 is 1.47 bits per heavy atom. The SMILES string of the molecule is CCc1nnsc1C(Cc1ccc(F)c(Cl)c1)NC. The fourth-order valence-corrected chi connectivity index (χ4v) is 3.00. The van der Waals surface area contributed by atoms with Gasteiger partial charge in [-0.25, -0.2) is 4.39 Å². The Morgan fingerprint density at radius 2 is 2.26 bits per heavy atom. The lowest BCUT2D eigenvalue weighted by Gasteiger charge is -2.15. The molecule has 6 heteroatoms. The van der Waals surface area contributed by atoms with Gasteiger partial charge in [0.1, 0.15) is 5.82 Å². The number of rotatable bonds is 5. The van der Waals surface area contributed by atoms with E-state index in [4.69, 9.17) is 11.6 Å². The third-order valence-corrected chi connectivity index (χ3v) is 4.18. The molecule has 0 fully saturated rings. The van der Waals surface area contributed by atoms with Gasteiger partial charge in [0.2, 0.25) is 0 Å². The number of aromatic nitrogens is 2. The molecule has 2 aromatic rings. The van der Waals surface area contributed by atoms with Crippen LogP contribution in [0.25, 0.3) is 0 Å². The fraction of sp³-hybridized carbons (Fsp3) is 0.385. The standard InChI is InChI=1S/C13H15ClFN3S/c1-3-11-13(19-18-17-11)12(16-2)7-8-4-5-10(15)9(14)6-8/h4-6,12,16H,3,7H2,1-2H3. The largest absolute Gasteiger partial charge is 0.312 e. The number of benzene rings is 1. The van der Waals surface area contributed by atoms with E-state index in [0.29, 0.717) is 0 Å². The Morgan fingerprint density at radius 3 is 2.89 bits per heavy atom. The molecule has 0 radical (unpaired) electrons. The molecule has 0 spiro atoms. The van der Waals surface area contributed by atoms with Crippen LogP contribution in [0, 0.1) is 5.82 Å². The maximum atomic E-state index is 13.1. The molecule has 3 nitrogen and oxygen atoms in total. The molecule has 0 saturated heterocycles. The number of aryl methyl sites for hydroxylation is 1. The Balaban J connectivity index is 2.21. The van der Waals surface area contributed by atoms with Gasteiger partial charge in [-0.2, -0.15) is 0 Å². The summed E-state index contributed by atoms with van der Waals surface area (Å²) >= 11 is 7.21. The van der Waals surface area contributed by atoms with Crippen LogP contribution in [0.3, 0.4) is 0 Å². The number of likely N-dealkylation sites (N-methyl/N-ethyl adjacent to an activating group) is 1. The van der Waals surface area contributed by atoms with E-state index in [9.17, 15) is 4.39 Å². The number of nitrogens with zero attached hydrogens (tertiary/aromatic N) is 2. The van der Waals surface area contributed by atoms with Crippen molar-refractivity contribution in [3.05, 3.63) is 45.2 Å². The molecule has 0 aliphatic heterocycles. The molecule has 1 N–H and O–H groups in total. The Hall–Kier alpha value is -1.04. The van der Waals surface area contributed by atoms with E-state index in [1.54, 1.807) is 12.1 Å². The smallest absolute Gasteiger partial charge is 0.141 e. The molecule has 0 aliphatic carbocycles. The Bertz CT molecular complexity index is 559. The third kappa shape index (κ3) is 3.29. The van der Waals surface area contributed by atoms with Crippen molar-refractivity contribution in [1.82, 2.24) is 14.9 Å². The van der Waals surface area contributed by atoms with Crippen LogP contribution in [0.2, 0.25) is 5.02 Å². The van der Waals surface area contributed by atoms with E-state index in [-0.39, 0.29) is 16.9 Å². The van der Waals surface area contributed by atoms with E-state index in [1.807, 2.05) is 7.05 Å². The summed E-state index contributed by atoms with van der Waals surface area (Å²) in [6.07, 6.45) is 1.58. The van der Waals surface area contributed by atoms with Crippen molar-refractivity contribution in [2.24, 2.45) is 0 Å². The van der Waals surface area contributed by atoms with Crippen LogP contribution >= 0.6 is 23.1 Å². The first kappa shape index (κ1) is 14.4. The molecular formula is C13H15ClFN3S. The summed E-state index contributed by atoms with van der Waals surface area (Å²) in [6.45, 7) is 2.06. The monoisotopic (exact) mass is 299 g/mol. The highest BCUT2D eigenvalue weighted by atomic mass is 35.5. The molecule has 1 atom stereocenters. The number of hydrogen-bond donors (Lipinski definition) is 1. The van der Waals surface area contributed by atoms with Gasteiger partial charge in [0, 0.05) is 6.04 Å². The summed E-state index contributed by atoms with van der Waals surface area (Å²) in [4.78, 5) is 1.13. The van der Waals surface area contributed by atoms with Crippen LogP contribution in [0.1, 0.15) is 29.1 Å². The van der Waals surface area contributed by atoms with Gasteiger partial charge in [-0.3, -0.25) is 0 Å². The lowest BCUT2D eigenvalue weighted by Crippen LogP contribution is -2.19. The van der Waals surface area contributed by atoms with Crippen molar-refractivity contribution in [1.29, 1.82) is 0 Å². The molecule has 0 bridgehead atoms. The van der Waals surface area contributed by atoms with E-state index >= 15 is 0 Å². The summed E-state index contributed by atoms with van der Waals surface area (Å²) in [7, 11) is 1.90. The van der Waals surface area contributed by atoms with Gasteiger partial charge in [0.15, 0.2) is 0 Å². The second-order valence-electron chi connectivity index (χ2n) is 4.23. The maximum absolute atomic E-state index is 13.1. The van der Waals surface area contributed by atoms with Gasteiger partial charge in [0.05, 0.1) is 15.6 Å². The molecule has 1 unspecified atom stereocenters. The fourth-order valence-electron chi connectivity index (χ4n) is 1.95. The Kier molecular flexibility index (Phi) is 4.85. The summed E-state index contributed by atoms with van der Waals surface area (Å²) < 4.78 is 17.1. The van der Waals surface area contributed by atoms with Gasteiger partial charge in [-0.05, 0) is 49.1 Å². The van der Waals surface area contributed by atoms with E-state index < -0.39 is 0 Å². The molecular weight excluding hydrogens is 285 g/mol. The molecule has 1 aromatic carbocycles. The van der Waals surface area contributed by atoms with Gasteiger partial charge < -0.3 is 5.32 Å². The summed E-state index contributed by atoms with van der Waals surface area (Å²) in [5.41, 5.74) is 2.00. The van der Waals surface area contributed by atoms with E-state index in [2.05, 4.69) is 21.8 Å². The van der Waals surface area contributed by atoms with Crippen molar-refractivity contribution in [2.45, 2.75) is 25.8 Å². The van der Waals surface area contributed by atoms with Crippen LogP contribution in [-0.2, 0) is 12.8 Å². The minimum Gasteiger partial charge on any atom is -0.312 e. The average Bonchev–Trinajstić information content (AvgIpc) is 2.88. The zero-order valence-corrected chi connectivity index (χ0v) is 12.4. The summed E-state index contributed by atoms with van der Waals surface area (Å²) in [6, 6.07) is 4.94. The lowest BCUT2D eigenvalue weighted by molar-refractivity contribution is 0.592. The van der Waals surface area contributed by atoms with Crippen LogP contribution in [0.15, 0.2) is 18.2 Å². The number of hydrogen-bond acceptors (Lipinski definition) is 4. The highest BCUT2D eigenvalue weighted by Gasteiger charge is 2.17. The van der Waals surface area contributed by atoms with Crippen molar-refractivity contribution in [2.75, 3.05) is 7.05 Å². The van der Waals surface area contributed by atoms with Gasteiger partial charge in [-0.15, -0.1) is 5.10 Å². The number of halogens is 2. The molecule has 19 heavy (non-hydrogen) atoms. The first-order valence-electron chi connectivity index (χ1n) is 6.08. The van der Waals surface area contributed by atoms with Crippen LogP contribution < -0.4 is 5.32 Å². The van der Waals surface area contributed by atoms with Crippen molar-refractivity contribution < 1.29 is 4.39 Å². The molecule has 1 heterocycles. The van der Waals surface area contributed by atoms with Crippen molar-refractivity contribution in [3.63, 3.8) is 0 Å². The highest BCUT2D eigenvalue weighted by Crippen LogP contribution is 2.26. The maximum Gasteiger partial charge on any atom is 0.141 e. The van der Waals surface area contributed by atoms with E-state index in [1.165, 1.54) is 17.6 Å². The van der Waals surface area contributed by atoms with Crippen molar-refractivity contribution >= 4 is 23.1 Å². The van der Waals surface area contributed by atoms with Crippen LogP contribution in [0.5, 0.6) is 0 Å². The lowest BCUT2D eigenvalue weighted by atomic mass is 10.0. The van der Waals surface area contributed by atoms with Gasteiger partial charge in [0.25, 0.3) is 0 Å². The second kappa shape index (κ2) is 6.41. The van der Waals surface area contributed by atoms with E-state index in [0.717, 1.165) is 29.0 Å². The molecule has 0 aliphatic rings. The van der Waals surface area contributed by atoms with Crippen LogP contribution in [0.4, 0.5) is 4.39 Å². The van der Waals surface area contributed by atoms with Gasteiger partial charge >= 0.3 is 0 Å².